The van der Waals surface area contributed by atoms with E-state index in [9.17, 15) is 0 Å². The van der Waals surface area contributed by atoms with Gasteiger partial charge in [0.1, 0.15) is 0 Å². The summed E-state index contributed by atoms with van der Waals surface area (Å²) in [4.78, 5) is 0. The van der Waals surface area contributed by atoms with E-state index in [1.54, 1.807) is 0 Å². The number of rotatable bonds is 0. The van der Waals surface area contributed by atoms with Gasteiger partial charge in [-0.1, -0.05) is 0 Å². The third-order valence-corrected chi connectivity index (χ3v) is 7.74. The normalized spacial score (nSPS) is 12.1. The van der Waals surface area contributed by atoms with E-state index >= 15 is 0 Å². The van der Waals surface area contributed by atoms with Crippen LogP contribution in [0, 0.1) is 5.77 Å². The van der Waals surface area contributed by atoms with E-state index in [1.165, 1.54) is 35.3 Å². The number of hydrogen-bond donors (Lipinski definition) is 0. The molecule has 17 heavy (non-hydrogen) atoms. The fourth-order valence-electron chi connectivity index (χ4n) is 2.03. The molecule has 0 nitrogen and oxygen atoms in total. The molecule has 0 aliphatic carbocycles. The van der Waals surface area contributed by atoms with Crippen LogP contribution in [0.4, 0.5) is 0 Å². The SMILES string of the molecule is Ic1cc2cc3c(cc2s1)sc1cc(I)sc13. The summed E-state index contributed by atoms with van der Waals surface area (Å²) in [5.41, 5.74) is 0. The molecule has 0 unspecified atom stereocenters. The summed E-state index contributed by atoms with van der Waals surface area (Å²) in [5.74, 6) is 0. The van der Waals surface area contributed by atoms with Crippen LogP contribution >= 0.6 is 79.2 Å². The smallest absolute Gasteiger partial charge is 0.0674 e. The van der Waals surface area contributed by atoms with Crippen molar-refractivity contribution in [1.82, 2.24) is 0 Å². The van der Waals surface area contributed by atoms with Crippen LogP contribution in [-0.2, 0) is 0 Å². The Balaban J connectivity index is 2.23. The third-order valence-electron chi connectivity index (χ3n) is 2.72. The minimum absolute atomic E-state index is 1.37. The van der Waals surface area contributed by atoms with Crippen molar-refractivity contribution in [3.63, 3.8) is 0 Å². The number of hydrogen-bond acceptors (Lipinski definition) is 3. The van der Waals surface area contributed by atoms with Crippen molar-refractivity contribution in [3.8, 4) is 0 Å². The summed E-state index contributed by atoms with van der Waals surface area (Å²) in [6, 6.07) is 9.28. The summed E-state index contributed by atoms with van der Waals surface area (Å²) in [5, 5.41) is 2.81. The fourth-order valence-corrected chi connectivity index (χ4v) is 7.40. The second-order valence-corrected chi connectivity index (χ2v) is 10.8. The van der Waals surface area contributed by atoms with Crippen molar-refractivity contribution in [2.45, 2.75) is 0 Å². The Kier molecular flexibility index (Phi) is 2.70. The zero-order valence-corrected chi connectivity index (χ0v) is 15.1. The molecule has 3 aromatic heterocycles. The highest BCUT2D eigenvalue weighted by Crippen LogP contribution is 2.42. The van der Waals surface area contributed by atoms with Crippen LogP contribution in [0.25, 0.3) is 29.6 Å². The maximum Gasteiger partial charge on any atom is 0.0674 e. The summed E-state index contributed by atoms with van der Waals surface area (Å²) >= 11 is 10.5. The molecule has 1 aromatic carbocycles. The predicted octanol–water partition coefficient (Wildman–Crippen LogP) is 6.54. The monoisotopic (exact) mass is 498 g/mol. The number of halogens is 2. The predicted molar refractivity (Wildman–Crippen MR) is 98.0 cm³/mol. The molecule has 0 N–H and O–H groups in total. The van der Waals surface area contributed by atoms with Gasteiger partial charge in [0.2, 0.25) is 0 Å². The Hall–Kier alpha value is 0.560. The zero-order valence-electron chi connectivity index (χ0n) is 8.29. The van der Waals surface area contributed by atoms with Crippen LogP contribution in [0.15, 0.2) is 24.3 Å². The van der Waals surface area contributed by atoms with Gasteiger partial charge in [0, 0.05) is 19.5 Å². The van der Waals surface area contributed by atoms with Crippen molar-refractivity contribution in [1.29, 1.82) is 0 Å². The molecule has 0 amide bonds. The first kappa shape index (κ1) is 11.4. The van der Waals surface area contributed by atoms with Gasteiger partial charge in [0.05, 0.1) is 10.5 Å². The topological polar surface area (TPSA) is 0 Å². The number of fused-ring (bicyclic) bond motifs is 4. The summed E-state index contributed by atoms with van der Waals surface area (Å²) in [7, 11) is 0. The lowest BCUT2D eigenvalue weighted by atomic mass is 10.2. The summed E-state index contributed by atoms with van der Waals surface area (Å²) < 4.78 is 8.47. The lowest BCUT2D eigenvalue weighted by Gasteiger charge is -1.91. The highest BCUT2D eigenvalue weighted by Gasteiger charge is 2.10. The Morgan fingerprint density at radius 1 is 0.706 bits per heavy atom. The van der Waals surface area contributed by atoms with Crippen molar-refractivity contribution in [2.75, 3.05) is 0 Å². The number of thiophene rings is 3. The first-order valence-electron chi connectivity index (χ1n) is 4.91. The van der Waals surface area contributed by atoms with Crippen molar-refractivity contribution in [3.05, 3.63) is 30.0 Å². The molecule has 5 heteroatoms. The van der Waals surface area contributed by atoms with Crippen LogP contribution in [-0.4, -0.2) is 0 Å². The van der Waals surface area contributed by atoms with Gasteiger partial charge >= 0.3 is 0 Å². The van der Waals surface area contributed by atoms with E-state index < -0.39 is 0 Å². The largest absolute Gasteiger partial charge is 0.134 e. The minimum Gasteiger partial charge on any atom is -0.134 e. The van der Waals surface area contributed by atoms with E-state index in [2.05, 4.69) is 69.4 Å². The Morgan fingerprint density at radius 3 is 2.41 bits per heavy atom. The Labute approximate surface area is 137 Å². The van der Waals surface area contributed by atoms with E-state index in [0.29, 0.717) is 0 Å². The van der Waals surface area contributed by atoms with Crippen molar-refractivity contribution >= 4 is 109 Å². The van der Waals surface area contributed by atoms with Crippen LogP contribution in [0.3, 0.4) is 0 Å². The molecular weight excluding hydrogens is 494 g/mol. The van der Waals surface area contributed by atoms with Gasteiger partial charge in [-0.05, 0) is 74.8 Å². The molecule has 0 aliphatic heterocycles. The molecular formula is C12H4I2S3. The molecule has 0 bridgehead atoms. The molecule has 84 valence electrons. The lowest BCUT2D eigenvalue weighted by molar-refractivity contribution is 2.02. The van der Waals surface area contributed by atoms with Gasteiger partial charge in [-0.25, -0.2) is 0 Å². The first-order valence-corrected chi connectivity index (χ1v) is 9.52. The zero-order chi connectivity index (χ0) is 11.6. The van der Waals surface area contributed by atoms with E-state index in [-0.39, 0.29) is 0 Å². The standard InChI is InChI=1S/C12H4I2S3/c13-10-2-5-1-6-8(3-7(5)16-10)15-9-4-11(14)17-12(6)9/h1-4H. The van der Waals surface area contributed by atoms with Gasteiger partial charge in [0.15, 0.2) is 0 Å². The van der Waals surface area contributed by atoms with Crippen molar-refractivity contribution < 1.29 is 0 Å². The number of benzene rings is 1. The summed E-state index contributed by atoms with van der Waals surface area (Å²) in [6.45, 7) is 0. The molecule has 3 heterocycles. The Morgan fingerprint density at radius 2 is 1.53 bits per heavy atom. The second-order valence-electron chi connectivity index (χ2n) is 3.78. The highest BCUT2D eigenvalue weighted by molar-refractivity contribution is 14.1. The fraction of sp³-hybridized carbons (Fsp3) is 0. The van der Waals surface area contributed by atoms with E-state index in [4.69, 9.17) is 0 Å². The molecule has 0 fully saturated rings. The maximum absolute atomic E-state index is 2.41. The van der Waals surface area contributed by atoms with Crippen LogP contribution in [0.2, 0.25) is 0 Å². The molecule has 0 spiro atoms. The van der Waals surface area contributed by atoms with Crippen LogP contribution < -0.4 is 0 Å². The average Bonchev–Trinajstić information content (AvgIpc) is 2.86. The van der Waals surface area contributed by atoms with Gasteiger partial charge in [-0.2, -0.15) is 0 Å². The molecule has 0 saturated carbocycles. The van der Waals surface area contributed by atoms with E-state index in [1.807, 2.05) is 34.0 Å². The lowest BCUT2D eigenvalue weighted by Crippen LogP contribution is -1.63. The van der Waals surface area contributed by atoms with Crippen LogP contribution in [0.1, 0.15) is 0 Å². The summed E-state index contributed by atoms with van der Waals surface area (Å²) in [6.07, 6.45) is 0. The third kappa shape index (κ3) is 1.77. The van der Waals surface area contributed by atoms with Crippen LogP contribution in [0.5, 0.6) is 0 Å². The van der Waals surface area contributed by atoms with Gasteiger partial charge in [-0.15, -0.1) is 34.0 Å². The van der Waals surface area contributed by atoms with Gasteiger partial charge in [0.25, 0.3) is 0 Å². The Bertz CT molecular complexity index is 857. The average molecular weight is 498 g/mol. The quantitative estimate of drug-likeness (QED) is 0.242. The second kappa shape index (κ2) is 4.03. The molecule has 0 atom stereocenters. The molecule has 4 aromatic rings. The molecule has 0 radical (unpaired) electrons. The molecule has 0 saturated heterocycles. The van der Waals surface area contributed by atoms with Gasteiger partial charge < -0.3 is 0 Å². The first-order chi connectivity index (χ1) is 8.20. The van der Waals surface area contributed by atoms with E-state index in [0.717, 1.165) is 0 Å². The minimum atomic E-state index is 1.37. The maximum atomic E-state index is 2.41. The highest BCUT2D eigenvalue weighted by atomic mass is 127. The van der Waals surface area contributed by atoms with Crippen molar-refractivity contribution in [2.24, 2.45) is 0 Å². The van der Waals surface area contributed by atoms with Gasteiger partial charge in [-0.3, -0.25) is 0 Å². The molecule has 0 aliphatic rings. The molecule has 4 rings (SSSR count).